The van der Waals surface area contributed by atoms with E-state index in [1.54, 1.807) is 0 Å². The van der Waals surface area contributed by atoms with Crippen LogP contribution in [0.25, 0.3) is 0 Å². The first-order valence-electron chi connectivity index (χ1n) is 4.63. The highest BCUT2D eigenvalue weighted by atomic mass is 16.1. The molecule has 0 heterocycles. The first-order chi connectivity index (χ1) is 6.69. The first-order valence-corrected chi connectivity index (χ1v) is 4.63. The number of carbonyl (C=O) groups excluding carboxylic acids is 1. The summed E-state index contributed by atoms with van der Waals surface area (Å²) in [6.45, 7) is 3.93. The lowest BCUT2D eigenvalue weighted by atomic mass is 9.98. The average Bonchev–Trinajstić information content (AvgIpc) is 2.19. The second-order valence-corrected chi connectivity index (χ2v) is 3.40. The summed E-state index contributed by atoms with van der Waals surface area (Å²) in [5.41, 5.74) is 3.93. The van der Waals surface area contributed by atoms with Crippen molar-refractivity contribution in [1.29, 1.82) is 5.26 Å². The molecule has 0 saturated heterocycles. The van der Waals surface area contributed by atoms with Gasteiger partial charge in [0.05, 0.1) is 11.6 Å². The molecule has 0 aliphatic carbocycles. The SMILES string of the molecule is Cc1cc(CCC=O)cc(C#N)c1C. The average molecular weight is 187 g/mol. The molecule has 0 amide bonds. The molecule has 14 heavy (non-hydrogen) atoms. The largest absolute Gasteiger partial charge is 0.303 e. The van der Waals surface area contributed by atoms with Gasteiger partial charge in [-0.25, -0.2) is 0 Å². The minimum atomic E-state index is 0.521. The van der Waals surface area contributed by atoms with Crippen molar-refractivity contribution in [3.05, 3.63) is 34.4 Å². The summed E-state index contributed by atoms with van der Waals surface area (Å²) in [5, 5.41) is 8.87. The Bertz CT molecular complexity index is 388. The van der Waals surface area contributed by atoms with Crippen LogP contribution in [0.3, 0.4) is 0 Å². The van der Waals surface area contributed by atoms with Gasteiger partial charge in [0.2, 0.25) is 0 Å². The van der Waals surface area contributed by atoms with Gasteiger partial charge in [-0.05, 0) is 43.0 Å². The second-order valence-electron chi connectivity index (χ2n) is 3.40. The van der Waals surface area contributed by atoms with Gasteiger partial charge < -0.3 is 4.79 Å². The third kappa shape index (κ3) is 2.20. The van der Waals surface area contributed by atoms with Crippen molar-refractivity contribution in [2.45, 2.75) is 26.7 Å². The number of nitrogens with zero attached hydrogens (tertiary/aromatic N) is 1. The van der Waals surface area contributed by atoms with Gasteiger partial charge in [0.1, 0.15) is 6.29 Å². The third-order valence-electron chi connectivity index (χ3n) is 2.40. The number of nitriles is 1. The zero-order chi connectivity index (χ0) is 10.6. The Labute approximate surface area is 84.2 Å². The van der Waals surface area contributed by atoms with Gasteiger partial charge in [-0.3, -0.25) is 0 Å². The molecule has 0 aliphatic heterocycles. The molecule has 0 aliphatic rings. The number of hydrogen-bond donors (Lipinski definition) is 0. The molecule has 0 fully saturated rings. The zero-order valence-corrected chi connectivity index (χ0v) is 8.50. The fourth-order valence-corrected chi connectivity index (χ4v) is 1.42. The fourth-order valence-electron chi connectivity index (χ4n) is 1.42. The summed E-state index contributed by atoms with van der Waals surface area (Å²) in [7, 11) is 0. The van der Waals surface area contributed by atoms with E-state index in [2.05, 4.69) is 6.07 Å². The first kappa shape index (κ1) is 10.5. The van der Waals surface area contributed by atoms with Crippen molar-refractivity contribution < 1.29 is 4.79 Å². The number of rotatable bonds is 3. The predicted octanol–water partition coefficient (Wildman–Crippen LogP) is 2.31. The smallest absolute Gasteiger partial charge is 0.120 e. The quantitative estimate of drug-likeness (QED) is 0.681. The summed E-state index contributed by atoms with van der Waals surface area (Å²) < 4.78 is 0. The third-order valence-corrected chi connectivity index (χ3v) is 2.40. The van der Waals surface area contributed by atoms with Crippen LogP contribution in [0.5, 0.6) is 0 Å². The molecule has 0 N–H and O–H groups in total. The molecule has 2 heteroatoms. The summed E-state index contributed by atoms with van der Waals surface area (Å²) >= 11 is 0. The van der Waals surface area contributed by atoms with Crippen LogP contribution in [0.1, 0.15) is 28.7 Å². The van der Waals surface area contributed by atoms with Gasteiger partial charge in [0.15, 0.2) is 0 Å². The Kier molecular flexibility index (Phi) is 3.41. The van der Waals surface area contributed by atoms with Crippen LogP contribution in [0.2, 0.25) is 0 Å². The summed E-state index contributed by atoms with van der Waals surface area (Å²) in [4.78, 5) is 10.2. The molecule has 72 valence electrons. The Hall–Kier alpha value is -1.62. The molecule has 0 bridgehead atoms. The van der Waals surface area contributed by atoms with E-state index in [-0.39, 0.29) is 0 Å². The highest BCUT2D eigenvalue weighted by Gasteiger charge is 2.03. The monoisotopic (exact) mass is 187 g/mol. The van der Waals surface area contributed by atoms with Crippen molar-refractivity contribution >= 4 is 6.29 Å². The van der Waals surface area contributed by atoms with Crippen molar-refractivity contribution in [1.82, 2.24) is 0 Å². The van der Waals surface area contributed by atoms with Gasteiger partial charge in [0.25, 0.3) is 0 Å². The number of carbonyl (C=O) groups is 1. The van der Waals surface area contributed by atoms with Crippen molar-refractivity contribution in [3.8, 4) is 6.07 Å². The van der Waals surface area contributed by atoms with Gasteiger partial charge in [-0.15, -0.1) is 0 Å². The molecule has 0 spiro atoms. The minimum Gasteiger partial charge on any atom is -0.303 e. The lowest BCUT2D eigenvalue weighted by molar-refractivity contribution is -0.107. The number of aldehydes is 1. The molecular formula is C12H13NO. The predicted molar refractivity (Wildman–Crippen MR) is 55.0 cm³/mol. The lowest BCUT2D eigenvalue weighted by Gasteiger charge is -2.05. The summed E-state index contributed by atoms with van der Waals surface area (Å²) in [6.07, 6.45) is 2.15. The van der Waals surface area contributed by atoms with Crippen LogP contribution in [0.15, 0.2) is 12.1 Å². The Morgan fingerprint density at radius 3 is 2.71 bits per heavy atom. The van der Waals surface area contributed by atoms with E-state index >= 15 is 0 Å². The Morgan fingerprint density at radius 2 is 2.14 bits per heavy atom. The molecule has 0 aromatic heterocycles. The van der Waals surface area contributed by atoms with E-state index in [0.717, 1.165) is 29.4 Å². The fraction of sp³-hybridized carbons (Fsp3) is 0.333. The summed E-state index contributed by atoms with van der Waals surface area (Å²) in [6, 6.07) is 6.07. The Morgan fingerprint density at radius 1 is 1.43 bits per heavy atom. The van der Waals surface area contributed by atoms with Gasteiger partial charge >= 0.3 is 0 Å². The van der Waals surface area contributed by atoms with Crippen LogP contribution in [0.4, 0.5) is 0 Å². The highest BCUT2D eigenvalue weighted by Crippen LogP contribution is 2.16. The molecule has 1 aromatic rings. The molecule has 2 nitrogen and oxygen atoms in total. The topological polar surface area (TPSA) is 40.9 Å². The van der Waals surface area contributed by atoms with Crippen LogP contribution in [-0.4, -0.2) is 6.29 Å². The number of aryl methyl sites for hydroxylation is 2. The van der Waals surface area contributed by atoms with Gasteiger partial charge in [0, 0.05) is 6.42 Å². The maximum absolute atomic E-state index is 10.2. The normalized spacial score (nSPS) is 9.50. The zero-order valence-electron chi connectivity index (χ0n) is 8.50. The van der Waals surface area contributed by atoms with Crippen LogP contribution < -0.4 is 0 Å². The van der Waals surface area contributed by atoms with E-state index in [4.69, 9.17) is 5.26 Å². The maximum Gasteiger partial charge on any atom is 0.120 e. The van der Waals surface area contributed by atoms with Crippen molar-refractivity contribution in [3.63, 3.8) is 0 Å². The standard InChI is InChI=1S/C12H13NO/c1-9-6-11(4-3-5-14)7-12(8-13)10(9)2/h5-7H,3-4H2,1-2H3. The van der Waals surface area contributed by atoms with Gasteiger partial charge in [-0.1, -0.05) is 6.07 Å². The molecule has 0 unspecified atom stereocenters. The van der Waals surface area contributed by atoms with Gasteiger partial charge in [-0.2, -0.15) is 5.26 Å². The van der Waals surface area contributed by atoms with E-state index in [1.807, 2.05) is 26.0 Å². The van der Waals surface area contributed by atoms with E-state index < -0.39 is 0 Å². The van der Waals surface area contributed by atoms with Crippen LogP contribution >= 0.6 is 0 Å². The number of hydrogen-bond acceptors (Lipinski definition) is 2. The minimum absolute atomic E-state index is 0.521. The highest BCUT2D eigenvalue weighted by molar-refractivity contribution is 5.51. The second kappa shape index (κ2) is 4.57. The molecule has 1 aromatic carbocycles. The molecular weight excluding hydrogens is 174 g/mol. The Balaban J connectivity index is 3.05. The lowest BCUT2D eigenvalue weighted by Crippen LogP contribution is -1.93. The van der Waals surface area contributed by atoms with E-state index in [9.17, 15) is 4.79 Å². The summed E-state index contributed by atoms with van der Waals surface area (Å²) in [5.74, 6) is 0. The van der Waals surface area contributed by atoms with Crippen LogP contribution in [0, 0.1) is 25.2 Å². The number of benzene rings is 1. The van der Waals surface area contributed by atoms with Crippen molar-refractivity contribution in [2.75, 3.05) is 0 Å². The maximum atomic E-state index is 10.2. The molecule has 1 rings (SSSR count). The molecule has 0 atom stereocenters. The van der Waals surface area contributed by atoms with E-state index in [0.29, 0.717) is 12.0 Å². The molecule has 0 saturated carbocycles. The van der Waals surface area contributed by atoms with Crippen LogP contribution in [-0.2, 0) is 11.2 Å². The van der Waals surface area contributed by atoms with E-state index in [1.165, 1.54) is 0 Å². The molecule has 0 radical (unpaired) electrons. The van der Waals surface area contributed by atoms with Crippen molar-refractivity contribution in [2.24, 2.45) is 0 Å².